The van der Waals surface area contributed by atoms with Gasteiger partial charge in [-0.15, -0.1) is 11.8 Å². The van der Waals surface area contributed by atoms with Crippen molar-refractivity contribution in [3.63, 3.8) is 0 Å². The van der Waals surface area contributed by atoms with Crippen LogP contribution in [-0.2, 0) is 4.74 Å². The van der Waals surface area contributed by atoms with E-state index in [0.29, 0.717) is 5.56 Å². The van der Waals surface area contributed by atoms with Crippen LogP contribution in [0.3, 0.4) is 0 Å². The Balaban J connectivity index is 3.27. The maximum atomic E-state index is 11.2. The molecule has 1 aromatic carbocycles. The molecule has 1 amide bonds. The lowest BCUT2D eigenvalue weighted by Gasteiger charge is -2.12. The molecule has 7 nitrogen and oxygen atoms in total. The van der Waals surface area contributed by atoms with E-state index < -0.39 is 6.09 Å². The number of phenols is 1. The Morgan fingerprint density at radius 3 is 2.43 bits per heavy atom. The first-order valence-electron chi connectivity index (χ1n) is 5.73. The number of benzene rings is 1. The second-order valence-corrected chi connectivity index (χ2v) is 4.49. The molecule has 0 spiro atoms. The number of methoxy groups -OCH3 is 3. The third-order valence-electron chi connectivity index (χ3n) is 2.52. The number of aliphatic imine (C=N–C) groups is 1. The zero-order valence-corrected chi connectivity index (χ0v) is 12.9. The van der Waals surface area contributed by atoms with Crippen molar-refractivity contribution < 1.29 is 24.1 Å². The van der Waals surface area contributed by atoms with Crippen molar-refractivity contribution >= 4 is 28.6 Å². The second kappa shape index (κ2) is 7.53. The molecule has 1 rings (SSSR count). The molecule has 0 unspecified atom stereocenters. The first-order chi connectivity index (χ1) is 9.98. The monoisotopic (exact) mass is 312 g/mol. The first kappa shape index (κ1) is 16.8. The van der Waals surface area contributed by atoms with E-state index in [1.54, 1.807) is 6.26 Å². The van der Waals surface area contributed by atoms with E-state index in [4.69, 9.17) is 14.9 Å². The molecule has 2 N–H and O–H groups in total. The van der Waals surface area contributed by atoms with Crippen LogP contribution in [0.25, 0.3) is 0 Å². The van der Waals surface area contributed by atoms with Crippen LogP contribution in [-0.4, -0.2) is 49.5 Å². The molecule has 0 saturated heterocycles. The molecule has 0 aliphatic rings. The number of nitrogens with one attached hydrogen (secondary N) is 1. The van der Waals surface area contributed by atoms with Gasteiger partial charge in [-0.3, -0.25) is 5.41 Å². The van der Waals surface area contributed by atoms with E-state index >= 15 is 0 Å². The molecule has 114 valence electrons. The minimum atomic E-state index is -0.797. The van der Waals surface area contributed by atoms with E-state index in [1.807, 2.05) is 0 Å². The molecule has 0 bridgehead atoms. The average molecular weight is 312 g/mol. The van der Waals surface area contributed by atoms with Crippen LogP contribution < -0.4 is 9.47 Å². The summed E-state index contributed by atoms with van der Waals surface area (Å²) in [5.41, 5.74) is 0.298. The number of carbonyl (C=O) groups excluding carboxylic acids is 1. The van der Waals surface area contributed by atoms with Gasteiger partial charge in [0.2, 0.25) is 5.75 Å². The van der Waals surface area contributed by atoms with E-state index in [0.717, 1.165) is 11.8 Å². The zero-order valence-electron chi connectivity index (χ0n) is 12.1. The Bertz CT molecular complexity index is 586. The molecular weight excluding hydrogens is 296 g/mol. The molecule has 0 saturated carbocycles. The van der Waals surface area contributed by atoms with Crippen LogP contribution in [0.15, 0.2) is 17.1 Å². The van der Waals surface area contributed by atoms with Crippen LogP contribution in [0.2, 0.25) is 0 Å². The summed E-state index contributed by atoms with van der Waals surface area (Å²) < 4.78 is 14.6. The maximum absolute atomic E-state index is 11.2. The topological polar surface area (TPSA) is 101 Å². The smallest absolute Gasteiger partial charge is 0.434 e. The number of thioether (sulfide) groups is 1. The van der Waals surface area contributed by atoms with Crippen LogP contribution in [0.1, 0.15) is 5.56 Å². The van der Waals surface area contributed by atoms with Gasteiger partial charge in [-0.2, -0.15) is 4.99 Å². The second-order valence-electron chi connectivity index (χ2n) is 3.70. The molecule has 1 aromatic rings. The highest BCUT2D eigenvalue weighted by atomic mass is 32.2. The van der Waals surface area contributed by atoms with Crippen molar-refractivity contribution in [2.75, 3.05) is 27.6 Å². The van der Waals surface area contributed by atoms with Crippen molar-refractivity contribution in [2.24, 2.45) is 4.99 Å². The maximum Gasteiger partial charge on any atom is 0.434 e. The lowest BCUT2D eigenvalue weighted by Crippen LogP contribution is -2.13. The van der Waals surface area contributed by atoms with Crippen molar-refractivity contribution in [3.05, 3.63) is 17.7 Å². The Hall–Kier alpha value is -2.22. The minimum Gasteiger partial charge on any atom is -0.504 e. The van der Waals surface area contributed by atoms with Gasteiger partial charge in [0.25, 0.3) is 0 Å². The molecule has 0 aliphatic carbocycles. The van der Waals surface area contributed by atoms with Gasteiger partial charge in [-0.1, -0.05) is 0 Å². The van der Waals surface area contributed by atoms with Crippen molar-refractivity contribution in [1.82, 2.24) is 0 Å². The molecule has 21 heavy (non-hydrogen) atoms. The summed E-state index contributed by atoms with van der Waals surface area (Å²) in [5.74, 6) is 0.274. The lowest BCUT2D eigenvalue weighted by atomic mass is 10.1. The number of ether oxygens (including phenoxy) is 3. The van der Waals surface area contributed by atoms with Gasteiger partial charge in [0, 0.05) is 5.56 Å². The minimum absolute atomic E-state index is 0.0378. The van der Waals surface area contributed by atoms with Crippen molar-refractivity contribution in [3.8, 4) is 17.2 Å². The Morgan fingerprint density at radius 1 is 1.29 bits per heavy atom. The largest absolute Gasteiger partial charge is 0.504 e. The standard InChI is InChI=1S/C13H16N2O5S/c1-18-9-6-7(5-8(16)11(9)19-2)10(14)12(21-4)15-13(17)20-3/h5-6,14,16H,1-4H3. The van der Waals surface area contributed by atoms with Gasteiger partial charge < -0.3 is 19.3 Å². The Labute approximate surface area is 126 Å². The summed E-state index contributed by atoms with van der Waals surface area (Å²) in [6, 6.07) is 2.86. The van der Waals surface area contributed by atoms with Gasteiger partial charge in [0.05, 0.1) is 27.0 Å². The molecule has 0 atom stereocenters. The fraction of sp³-hybridized carbons (Fsp3) is 0.308. The van der Waals surface area contributed by atoms with E-state index in [9.17, 15) is 9.90 Å². The quantitative estimate of drug-likeness (QED) is 0.653. The first-order valence-corrected chi connectivity index (χ1v) is 6.95. The molecule has 0 aliphatic heterocycles. The Kier molecular flexibility index (Phi) is 6.04. The van der Waals surface area contributed by atoms with Gasteiger partial charge in [0.1, 0.15) is 5.04 Å². The van der Waals surface area contributed by atoms with E-state index in [-0.39, 0.29) is 28.0 Å². The summed E-state index contributed by atoms with van der Waals surface area (Å²) in [4.78, 5) is 14.9. The molecule has 0 heterocycles. The molecule has 0 aromatic heterocycles. The predicted octanol–water partition coefficient (Wildman–Crippen LogP) is 2.31. The number of rotatable bonds is 4. The lowest BCUT2D eigenvalue weighted by molar-refractivity contribution is 0.183. The third-order valence-corrected chi connectivity index (χ3v) is 3.20. The van der Waals surface area contributed by atoms with Crippen molar-refractivity contribution in [2.45, 2.75) is 0 Å². The number of hydrogen-bond acceptors (Lipinski definition) is 7. The SMILES string of the molecule is COC(=O)N=C(SC)C(=N)c1cc(O)c(OC)c(OC)c1. The normalized spacial score (nSPS) is 11.0. The Morgan fingerprint density at radius 2 is 1.95 bits per heavy atom. The average Bonchev–Trinajstić information content (AvgIpc) is 2.50. The molecular formula is C13H16N2O5S. The molecule has 8 heteroatoms. The van der Waals surface area contributed by atoms with Gasteiger partial charge >= 0.3 is 6.09 Å². The highest BCUT2D eigenvalue weighted by Gasteiger charge is 2.17. The van der Waals surface area contributed by atoms with Gasteiger partial charge in [0.15, 0.2) is 11.5 Å². The van der Waals surface area contributed by atoms with Crippen LogP contribution >= 0.6 is 11.8 Å². The number of phenolic OH excluding ortho intramolecular Hbond substituents is 1. The zero-order chi connectivity index (χ0) is 16.0. The summed E-state index contributed by atoms with van der Waals surface area (Å²) in [6.45, 7) is 0. The van der Waals surface area contributed by atoms with Gasteiger partial charge in [-0.25, -0.2) is 4.79 Å². The van der Waals surface area contributed by atoms with E-state index in [2.05, 4.69) is 9.73 Å². The summed E-state index contributed by atoms with van der Waals surface area (Å²) in [6.07, 6.45) is 0.880. The number of hydrogen-bond donors (Lipinski definition) is 2. The number of carbonyl (C=O) groups is 1. The van der Waals surface area contributed by atoms with Crippen LogP contribution in [0.4, 0.5) is 4.79 Å². The number of aromatic hydroxyl groups is 1. The van der Waals surface area contributed by atoms with E-state index in [1.165, 1.54) is 33.5 Å². The van der Waals surface area contributed by atoms with Crippen LogP contribution in [0, 0.1) is 5.41 Å². The predicted molar refractivity (Wildman–Crippen MR) is 81.4 cm³/mol. The number of amides is 1. The van der Waals surface area contributed by atoms with Crippen LogP contribution in [0.5, 0.6) is 17.2 Å². The van der Waals surface area contributed by atoms with Gasteiger partial charge in [-0.05, 0) is 18.4 Å². The third kappa shape index (κ3) is 3.88. The summed E-state index contributed by atoms with van der Waals surface area (Å²) in [7, 11) is 4.02. The van der Waals surface area contributed by atoms with Crippen molar-refractivity contribution in [1.29, 1.82) is 5.41 Å². The highest BCUT2D eigenvalue weighted by Crippen LogP contribution is 2.37. The fourth-order valence-electron chi connectivity index (χ4n) is 1.54. The fourth-order valence-corrected chi connectivity index (χ4v) is 2.03. The number of nitrogens with zero attached hydrogens (tertiary/aromatic N) is 1. The highest BCUT2D eigenvalue weighted by molar-refractivity contribution is 8.15. The molecule has 0 fully saturated rings. The summed E-state index contributed by atoms with van der Waals surface area (Å²) >= 11 is 1.12. The molecule has 0 radical (unpaired) electrons. The summed E-state index contributed by atoms with van der Waals surface area (Å²) in [5, 5.41) is 18.1.